The summed E-state index contributed by atoms with van der Waals surface area (Å²) in [6.45, 7) is 0.421. The molecule has 2 aromatic carbocycles. The zero-order valence-electron chi connectivity index (χ0n) is 13.4. The molecular weight excluding hydrogens is 314 g/mol. The molecule has 3 aromatic rings. The van der Waals surface area contributed by atoms with Gasteiger partial charge in [-0.1, -0.05) is 30.3 Å². The minimum atomic E-state index is -0.274. The van der Waals surface area contributed by atoms with Crippen LogP contribution in [0.1, 0.15) is 28.4 Å². The van der Waals surface area contributed by atoms with Gasteiger partial charge in [-0.2, -0.15) is 5.26 Å². The average molecular weight is 329 g/mol. The molecule has 122 valence electrons. The molecular formula is C20H15N3O2. The van der Waals surface area contributed by atoms with Crippen LogP contribution in [0.2, 0.25) is 0 Å². The van der Waals surface area contributed by atoms with Crippen LogP contribution in [0.3, 0.4) is 0 Å². The topological polar surface area (TPSA) is 69.1 Å². The van der Waals surface area contributed by atoms with Crippen LogP contribution in [0, 0.1) is 11.3 Å². The van der Waals surface area contributed by atoms with Gasteiger partial charge in [-0.15, -0.1) is 0 Å². The van der Waals surface area contributed by atoms with Crippen LogP contribution in [0.15, 0.2) is 48.5 Å². The highest BCUT2D eigenvalue weighted by Gasteiger charge is 2.45. The minimum absolute atomic E-state index is 0.0415. The van der Waals surface area contributed by atoms with Crippen LogP contribution in [-0.2, 0) is 11.2 Å². The first-order valence-corrected chi connectivity index (χ1v) is 8.31. The fraction of sp³-hybridized carbons (Fsp3) is 0.200. The Hall–Kier alpha value is -3.26. The van der Waals surface area contributed by atoms with Crippen LogP contribution in [0.4, 0.5) is 4.79 Å². The van der Waals surface area contributed by atoms with Gasteiger partial charge in [-0.3, -0.25) is 4.90 Å². The van der Waals surface area contributed by atoms with E-state index >= 15 is 0 Å². The summed E-state index contributed by atoms with van der Waals surface area (Å²) in [7, 11) is 0. The second-order valence-corrected chi connectivity index (χ2v) is 6.54. The fourth-order valence-electron chi connectivity index (χ4n) is 4.06. The molecule has 0 radical (unpaired) electrons. The number of hydrogen-bond acceptors (Lipinski definition) is 3. The Morgan fingerprint density at radius 3 is 2.76 bits per heavy atom. The van der Waals surface area contributed by atoms with Crippen molar-refractivity contribution in [2.75, 3.05) is 6.61 Å². The van der Waals surface area contributed by atoms with E-state index in [0.717, 1.165) is 23.2 Å². The lowest BCUT2D eigenvalue weighted by Crippen LogP contribution is -2.42. The lowest BCUT2D eigenvalue weighted by molar-refractivity contribution is 0.147. The van der Waals surface area contributed by atoms with Crippen LogP contribution in [-0.4, -0.2) is 28.6 Å². The Balaban J connectivity index is 1.73. The Morgan fingerprint density at radius 1 is 1.16 bits per heavy atom. The van der Waals surface area contributed by atoms with Crippen LogP contribution in [0.25, 0.3) is 10.9 Å². The molecule has 1 fully saturated rings. The smallest absolute Gasteiger partial charge is 0.411 e. The van der Waals surface area contributed by atoms with Crippen molar-refractivity contribution < 1.29 is 9.53 Å². The Morgan fingerprint density at radius 2 is 1.96 bits per heavy atom. The molecule has 0 aliphatic carbocycles. The first-order chi connectivity index (χ1) is 12.3. The predicted octanol–water partition coefficient (Wildman–Crippen LogP) is 3.51. The molecule has 1 aromatic heterocycles. The number of nitriles is 1. The standard InChI is InChI=1S/C20H15N3O2/c21-10-12-5-7-13(8-6-12)19-18-16(9-14-11-25-20(24)23(14)19)15-3-1-2-4-17(15)22-18/h1-8,14,19,22H,9,11H2. The fourth-order valence-corrected chi connectivity index (χ4v) is 4.06. The van der Waals surface area contributed by atoms with E-state index in [1.807, 2.05) is 29.2 Å². The first-order valence-electron chi connectivity index (χ1n) is 8.31. The van der Waals surface area contributed by atoms with E-state index in [0.29, 0.717) is 12.2 Å². The molecule has 1 N–H and O–H groups in total. The number of fused-ring (bicyclic) bond motifs is 4. The van der Waals surface area contributed by atoms with Gasteiger partial charge >= 0.3 is 6.09 Å². The molecule has 5 heteroatoms. The van der Waals surface area contributed by atoms with Gasteiger partial charge in [0.15, 0.2) is 0 Å². The molecule has 2 aliphatic rings. The quantitative estimate of drug-likeness (QED) is 0.743. The summed E-state index contributed by atoms with van der Waals surface area (Å²) in [6, 6.07) is 17.6. The molecule has 3 heterocycles. The number of carbonyl (C=O) groups is 1. The summed E-state index contributed by atoms with van der Waals surface area (Å²) in [5.41, 5.74) is 4.97. The third-order valence-corrected chi connectivity index (χ3v) is 5.20. The third-order valence-electron chi connectivity index (χ3n) is 5.20. The number of carbonyl (C=O) groups excluding carboxylic acids is 1. The number of nitrogens with zero attached hydrogens (tertiary/aromatic N) is 2. The van der Waals surface area contributed by atoms with Crippen molar-refractivity contribution in [3.8, 4) is 6.07 Å². The number of ether oxygens (including phenoxy) is 1. The number of hydrogen-bond donors (Lipinski definition) is 1. The monoisotopic (exact) mass is 329 g/mol. The largest absolute Gasteiger partial charge is 0.447 e. The van der Waals surface area contributed by atoms with Gasteiger partial charge in [-0.25, -0.2) is 4.79 Å². The molecule has 0 saturated carbocycles. The summed E-state index contributed by atoms with van der Waals surface area (Å²) in [4.78, 5) is 17.7. The highest BCUT2D eigenvalue weighted by molar-refractivity contribution is 5.86. The van der Waals surface area contributed by atoms with Crippen LogP contribution in [0.5, 0.6) is 0 Å². The zero-order valence-corrected chi connectivity index (χ0v) is 13.4. The SMILES string of the molecule is N#Cc1ccc(C2c3[nH]c4ccccc4c3CC3COC(=O)N32)cc1. The molecule has 1 amide bonds. The van der Waals surface area contributed by atoms with Crippen molar-refractivity contribution in [1.29, 1.82) is 5.26 Å². The summed E-state index contributed by atoms with van der Waals surface area (Å²) in [6.07, 6.45) is 0.515. The van der Waals surface area contributed by atoms with Gasteiger partial charge in [0.25, 0.3) is 0 Å². The molecule has 0 spiro atoms. The van der Waals surface area contributed by atoms with Gasteiger partial charge < -0.3 is 9.72 Å². The normalized spacial score (nSPS) is 21.6. The number of aromatic nitrogens is 1. The first kappa shape index (κ1) is 14.1. The Kier molecular flexibility index (Phi) is 2.89. The predicted molar refractivity (Wildman–Crippen MR) is 92.0 cm³/mol. The molecule has 2 aliphatic heterocycles. The molecule has 25 heavy (non-hydrogen) atoms. The maximum Gasteiger partial charge on any atom is 0.411 e. The van der Waals surface area contributed by atoms with Crippen molar-refractivity contribution in [2.45, 2.75) is 18.5 Å². The number of aromatic amines is 1. The lowest BCUT2D eigenvalue weighted by Gasteiger charge is -2.35. The molecule has 0 bridgehead atoms. The zero-order chi connectivity index (χ0) is 17.0. The van der Waals surface area contributed by atoms with Crippen molar-refractivity contribution in [1.82, 2.24) is 9.88 Å². The number of para-hydroxylation sites is 1. The number of rotatable bonds is 1. The summed E-state index contributed by atoms with van der Waals surface area (Å²) in [5, 5.41) is 10.2. The van der Waals surface area contributed by atoms with Crippen molar-refractivity contribution in [3.63, 3.8) is 0 Å². The molecule has 1 saturated heterocycles. The number of H-pyrrole nitrogens is 1. The average Bonchev–Trinajstić information content (AvgIpc) is 3.21. The maximum absolute atomic E-state index is 12.4. The Bertz CT molecular complexity index is 1030. The van der Waals surface area contributed by atoms with E-state index in [1.54, 1.807) is 12.1 Å². The van der Waals surface area contributed by atoms with E-state index < -0.39 is 0 Å². The summed E-state index contributed by atoms with van der Waals surface area (Å²) < 4.78 is 5.33. The van der Waals surface area contributed by atoms with Crippen molar-refractivity contribution >= 4 is 17.0 Å². The Labute approximate surface area is 144 Å². The summed E-state index contributed by atoms with van der Waals surface area (Å²) >= 11 is 0. The van der Waals surface area contributed by atoms with E-state index in [-0.39, 0.29) is 18.2 Å². The highest BCUT2D eigenvalue weighted by Crippen LogP contribution is 2.42. The van der Waals surface area contributed by atoms with Gasteiger partial charge in [0.2, 0.25) is 0 Å². The van der Waals surface area contributed by atoms with Crippen molar-refractivity contribution in [2.24, 2.45) is 0 Å². The molecule has 2 atom stereocenters. The number of amides is 1. The maximum atomic E-state index is 12.4. The number of cyclic esters (lactones) is 1. The van der Waals surface area contributed by atoms with Crippen LogP contribution >= 0.6 is 0 Å². The second-order valence-electron chi connectivity index (χ2n) is 6.54. The van der Waals surface area contributed by atoms with Crippen molar-refractivity contribution in [3.05, 3.63) is 70.9 Å². The minimum Gasteiger partial charge on any atom is -0.447 e. The summed E-state index contributed by atoms with van der Waals surface area (Å²) in [5.74, 6) is 0. The van der Waals surface area contributed by atoms with E-state index in [1.165, 1.54) is 10.9 Å². The van der Waals surface area contributed by atoms with E-state index in [9.17, 15) is 4.79 Å². The van der Waals surface area contributed by atoms with Crippen LogP contribution < -0.4 is 0 Å². The molecule has 5 nitrogen and oxygen atoms in total. The molecule has 5 rings (SSSR count). The second kappa shape index (κ2) is 5.12. The number of benzene rings is 2. The lowest BCUT2D eigenvalue weighted by atomic mass is 9.89. The van der Waals surface area contributed by atoms with Gasteiger partial charge in [-0.05, 0) is 35.7 Å². The van der Waals surface area contributed by atoms with E-state index in [4.69, 9.17) is 10.00 Å². The van der Waals surface area contributed by atoms with E-state index in [2.05, 4.69) is 23.2 Å². The van der Waals surface area contributed by atoms with Gasteiger partial charge in [0.05, 0.1) is 17.7 Å². The van der Waals surface area contributed by atoms with Gasteiger partial charge in [0, 0.05) is 16.6 Å². The highest BCUT2D eigenvalue weighted by atomic mass is 16.6. The van der Waals surface area contributed by atoms with Gasteiger partial charge in [0.1, 0.15) is 12.6 Å². The number of nitrogens with one attached hydrogen (secondary N) is 1. The third kappa shape index (κ3) is 1.97. The molecule has 2 unspecified atom stereocenters.